The van der Waals surface area contributed by atoms with E-state index in [9.17, 15) is 4.79 Å². The molecule has 0 radical (unpaired) electrons. The molecule has 0 spiro atoms. The molecular weight excluding hydrogens is 352 g/mol. The van der Waals surface area contributed by atoms with Crippen LogP contribution < -0.4 is 10.2 Å². The third-order valence-electron chi connectivity index (χ3n) is 5.11. The van der Waals surface area contributed by atoms with Crippen LogP contribution in [0.1, 0.15) is 29.8 Å². The quantitative estimate of drug-likeness (QED) is 0.716. The molecule has 0 unspecified atom stereocenters. The summed E-state index contributed by atoms with van der Waals surface area (Å²) in [5, 5.41) is 4.19. The van der Waals surface area contributed by atoms with E-state index in [4.69, 9.17) is 4.74 Å². The Labute approximate surface area is 164 Å². The minimum absolute atomic E-state index is 0.0948. The summed E-state index contributed by atoms with van der Waals surface area (Å²) in [7, 11) is 0. The molecule has 4 rings (SSSR count). The van der Waals surface area contributed by atoms with Crippen LogP contribution in [0.25, 0.3) is 10.9 Å². The summed E-state index contributed by atoms with van der Waals surface area (Å²) in [5.74, 6) is 0.792. The number of aromatic nitrogens is 2. The molecule has 2 atom stereocenters. The van der Waals surface area contributed by atoms with Gasteiger partial charge in [-0.2, -0.15) is 0 Å². The molecule has 0 aliphatic carbocycles. The SMILES string of the molecule is C[C@@H]1CN(c2ccc(C(=O)NCCc3c[nH]c4ccccc34)cn2)C[C@@H](C)O1. The number of rotatable bonds is 5. The van der Waals surface area contributed by atoms with Gasteiger partial charge in [0.15, 0.2) is 0 Å². The number of ether oxygens (including phenoxy) is 1. The molecule has 1 aromatic carbocycles. The van der Waals surface area contributed by atoms with Crippen molar-refractivity contribution < 1.29 is 9.53 Å². The fourth-order valence-corrected chi connectivity index (χ4v) is 3.82. The highest BCUT2D eigenvalue weighted by Gasteiger charge is 2.23. The predicted octanol–water partition coefficient (Wildman–Crippen LogP) is 3.15. The molecule has 146 valence electrons. The zero-order valence-electron chi connectivity index (χ0n) is 16.3. The van der Waals surface area contributed by atoms with Crippen LogP contribution in [0.3, 0.4) is 0 Å². The Hall–Kier alpha value is -2.86. The van der Waals surface area contributed by atoms with Crippen molar-refractivity contribution in [3.63, 3.8) is 0 Å². The van der Waals surface area contributed by atoms with E-state index in [1.807, 2.05) is 30.5 Å². The number of fused-ring (bicyclic) bond motifs is 1. The zero-order valence-corrected chi connectivity index (χ0v) is 16.3. The highest BCUT2D eigenvalue weighted by atomic mass is 16.5. The van der Waals surface area contributed by atoms with Gasteiger partial charge >= 0.3 is 0 Å². The van der Waals surface area contributed by atoms with Crippen LogP contribution in [0.15, 0.2) is 48.8 Å². The van der Waals surface area contributed by atoms with E-state index in [1.54, 1.807) is 6.20 Å². The fourth-order valence-electron chi connectivity index (χ4n) is 3.82. The highest BCUT2D eigenvalue weighted by molar-refractivity contribution is 5.94. The molecule has 28 heavy (non-hydrogen) atoms. The van der Waals surface area contributed by atoms with Crippen LogP contribution in [-0.4, -0.2) is 47.7 Å². The first-order chi connectivity index (χ1) is 13.6. The number of anilines is 1. The van der Waals surface area contributed by atoms with Crippen molar-refractivity contribution in [3.8, 4) is 0 Å². The average molecular weight is 378 g/mol. The third kappa shape index (κ3) is 4.02. The van der Waals surface area contributed by atoms with Gasteiger partial charge in [0, 0.05) is 42.9 Å². The van der Waals surface area contributed by atoms with Gasteiger partial charge in [0.05, 0.1) is 17.8 Å². The summed E-state index contributed by atoms with van der Waals surface area (Å²) < 4.78 is 5.77. The van der Waals surface area contributed by atoms with Crippen molar-refractivity contribution in [1.29, 1.82) is 0 Å². The van der Waals surface area contributed by atoms with Gasteiger partial charge in [-0.3, -0.25) is 4.79 Å². The first-order valence-corrected chi connectivity index (χ1v) is 9.80. The van der Waals surface area contributed by atoms with Crippen molar-refractivity contribution in [2.75, 3.05) is 24.5 Å². The summed E-state index contributed by atoms with van der Waals surface area (Å²) >= 11 is 0. The van der Waals surface area contributed by atoms with Crippen molar-refractivity contribution in [1.82, 2.24) is 15.3 Å². The van der Waals surface area contributed by atoms with E-state index in [2.05, 4.69) is 46.2 Å². The van der Waals surface area contributed by atoms with E-state index in [0.29, 0.717) is 12.1 Å². The first-order valence-electron chi connectivity index (χ1n) is 9.80. The zero-order chi connectivity index (χ0) is 19.5. The molecular formula is C22H26N4O2. The van der Waals surface area contributed by atoms with Gasteiger partial charge in [-0.15, -0.1) is 0 Å². The molecule has 3 aromatic rings. The summed E-state index contributed by atoms with van der Waals surface area (Å²) in [6.45, 7) is 6.35. The van der Waals surface area contributed by atoms with Crippen molar-refractivity contribution in [2.45, 2.75) is 32.5 Å². The molecule has 3 heterocycles. The minimum Gasteiger partial charge on any atom is -0.372 e. The number of carbonyl (C=O) groups excluding carboxylic acids is 1. The van der Waals surface area contributed by atoms with E-state index in [-0.39, 0.29) is 18.1 Å². The monoisotopic (exact) mass is 378 g/mol. The summed E-state index contributed by atoms with van der Waals surface area (Å²) in [6, 6.07) is 12.0. The van der Waals surface area contributed by atoms with Crippen LogP contribution in [-0.2, 0) is 11.2 Å². The molecule has 1 fully saturated rings. The Bertz CT molecular complexity index is 941. The van der Waals surface area contributed by atoms with E-state index in [1.165, 1.54) is 10.9 Å². The topological polar surface area (TPSA) is 70.2 Å². The molecule has 6 heteroatoms. The Kier molecular flexibility index (Phi) is 5.30. The van der Waals surface area contributed by atoms with Gasteiger partial charge < -0.3 is 19.9 Å². The van der Waals surface area contributed by atoms with Gasteiger partial charge in [-0.25, -0.2) is 4.98 Å². The van der Waals surface area contributed by atoms with Crippen LogP contribution in [0.4, 0.5) is 5.82 Å². The molecule has 2 aromatic heterocycles. The lowest BCUT2D eigenvalue weighted by Gasteiger charge is -2.36. The van der Waals surface area contributed by atoms with Gasteiger partial charge in [0.2, 0.25) is 0 Å². The van der Waals surface area contributed by atoms with E-state index >= 15 is 0 Å². The second-order valence-electron chi connectivity index (χ2n) is 7.43. The molecule has 6 nitrogen and oxygen atoms in total. The van der Waals surface area contributed by atoms with Gasteiger partial charge in [-0.05, 0) is 44.0 Å². The highest BCUT2D eigenvalue weighted by Crippen LogP contribution is 2.19. The fraction of sp³-hybridized carbons (Fsp3) is 0.364. The lowest BCUT2D eigenvalue weighted by atomic mass is 10.1. The van der Waals surface area contributed by atoms with Crippen LogP contribution in [0.2, 0.25) is 0 Å². The number of nitrogens with zero attached hydrogens (tertiary/aromatic N) is 2. The number of hydrogen-bond donors (Lipinski definition) is 2. The maximum absolute atomic E-state index is 12.4. The van der Waals surface area contributed by atoms with Crippen LogP contribution in [0, 0.1) is 0 Å². The Balaban J connectivity index is 1.33. The normalized spacial score (nSPS) is 19.7. The molecule has 0 saturated carbocycles. The molecule has 1 aliphatic heterocycles. The number of carbonyl (C=O) groups is 1. The number of H-pyrrole nitrogens is 1. The second kappa shape index (κ2) is 8.02. The molecule has 1 aliphatic rings. The minimum atomic E-state index is -0.0948. The first kappa shape index (κ1) is 18.5. The largest absolute Gasteiger partial charge is 0.372 e. The number of nitrogens with one attached hydrogen (secondary N) is 2. The van der Waals surface area contributed by atoms with Crippen molar-refractivity contribution in [3.05, 3.63) is 59.9 Å². The number of hydrogen-bond acceptors (Lipinski definition) is 4. The predicted molar refractivity (Wildman–Crippen MR) is 111 cm³/mol. The number of para-hydroxylation sites is 1. The average Bonchev–Trinajstić information content (AvgIpc) is 3.10. The van der Waals surface area contributed by atoms with E-state index in [0.717, 1.165) is 30.8 Å². The van der Waals surface area contributed by atoms with Gasteiger partial charge in [0.1, 0.15) is 5.82 Å². The Morgan fingerprint density at radius 3 is 2.75 bits per heavy atom. The summed E-state index contributed by atoms with van der Waals surface area (Å²) in [5.41, 5.74) is 2.91. The van der Waals surface area contributed by atoms with Crippen LogP contribution >= 0.6 is 0 Å². The summed E-state index contributed by atoms with van der Waals surface area (Å²) in [6.07, 6.45) is 4.81. The number of amides is 1. The van der Waals surface area contributed by atoms with Gasteiger partial charge in [-0.1, -0.05) is 18.2 Å². The molecule has 2 N–H and O–H groups in total. The molecule has 1 amide bonds. The van der Waals surface area contributed by atoms with Crippen molar-refractivity contribution in [2.24, 2.45) is 0 Å². The lowest BCUT2D eigenvalue weighted by molar-refractivity contribution is -0.00546. The molecule has 1 saturated heterocycles. The number of aromatic amines is 1. The Morgan fingerprint density at radius 2 is 2.00 bits per heavy atom. The number of benzene rings is 1. The third-order valence-corrected chi connectivity index (χ3v) is 5.11. The summed E-state index contributed by atoms with van der Waals surface area (Å²) in [4.78, 5) is 22.4. The van der Waals surface area contributed by atoms with Crippen LogP contribution in [0.5, 0.6) is 0 Å². The smallest absolute Gasteiger partial charge is 0.252 e. The molecule has 0 bridgehead atoms. The number of pyridine rings is 1. The number of morpholine rings is 1. The lowest BCUT2D eigenvalue weighted by Crippen LogP contribution is -2.45. The standard InChI is InChI=1S/C22H26N4O2/c1-15-13-26(14-16(2)28-15)21-8-7-18(12-25-21)22(27)23-10-9-17-11-24-20-6-4-3-5-19(17)20/h3-8,11-12,15-16,24H,9-10,13-14H2,1-2H3,(H,23,27)/t15-,16-/m1/s1. The van der Waals surface area contributed by atoms with E-state index < -0.39 is 0 Å². The maximum Gasteiger partial charge on any atom is 0.252 e. The van der Waals surface area contributed by atoms with Gasteiger partial charge in [0.25, 0.3) is 5.91 Å². The maximum atomic E-state index is 12.4. The Morgan fingerprint density at radius 1 is 1.21 bits per heavy atom. The second-order valence-corrected chi connectivity index (χ2v) is 7.43. The van der Waals surface area contributed by atoms with Crippen molar-refractivity contribution >= 4 is 22.6 Å².